The lowest BCUT2D eigenvalue weighted by Crippen LogP contribution is -2.26. The van der Waals surface area contributed by atoms with Gasteiger partial charge in [-0.05, 0) is 25.1 Å². The van der Waals surface area contributed by atoms with Crippen LogP contribution >= 0.6 is 22.9 Å². The number of hydrogen-bond donors (Lipinski definition) is 1. The molecule has 0 atom stereocenters. The van der Waals surface area contributed by atoms with Crippen LogP contribution in [-0.2, 0) is 6.42 Å². The van der Waals surface area contributed by atoms with Crippen molar-refractivity contribution in [3.05, 3.63) is 56.9 Å². The highest BCUT2D eigenvalue weighted by molar-refractivity contribution is 7.09. The maximum absolute atomic E-state index is 13.2. The summed E-state index contributed by atoms with van der Waals surface area (Å²) >= 11 is 7.62. The molecular weight excluding hydrogens is 337 g/mol. The average Bonchev–Trinajstić information content (AvgIpc) is 2.91. The minimum Gasteiger partial charge on any atom is -0.352 e. The van der Waals surface area contributed by atoms with Crippen LogP contribution in [0.4, 0.5) is 4.39 Å². The van der Waals surface area contributed by atoms with Gasteiger partial charge < -0.3 is 5.32 Å². The van der Waals surface area contributed by atoms with Crippen LogP contribution in [0, 0.1) is 12.7 Å². The van der Waals surface area contributed by atoms with Crippen LogP contribution in [0.5, 0.6) is 0 Å². The normalized spacial score (nSPS) is 10.9. The summed E-state index contributed by atoms with van der Waals surface area (Å²) in [6, 6.07) is 5.80. The van der Waals surface area contributed by atoms with E-state index in [2.05, 4.69) is 15.3 Å². The highest BCUT2D eigenvalue weighted by Crippen LogP contribution is 2.21. The molecule has 0 radical (unpaired) electrons. The van der Waals surface area contributed by atoms with Gasteiger partial charge in [0.1, 0.15) is 11.0 Å². The van der Waals surface area contributed by atoms with E-state index in [9.17, 15) is 9.18 Å². The van der Waals surface area contributed by atoms with Crippen LogP contribution in [0.15, 0.2) is 29.6 Å². The third kappa shape index (κ3) is 3.65. The molecule has 0 bridgehead atoms. The Bertz CT molecular complexity index is 881. The number of hydrogen-bond acceptors (Lipinski definition) is 4. The van der Waals surface area contributed by atoms with E-state index in [1.165, 1.54) is 12.1 Å². The number of aromatic nitrogens is 2. The summed E-state index contributed by atoms with van der Waals surface area (Å²) in [6.45, 7) is 2.40. The van der Waals surface area contributed by atoms with Crippen molar-refractivity contribution in [1.82, 2.24) is 15.3 Å². The Morgan fingerprint density at radius 1 is 1.35 bits per heavy atom. The topological polar surface area (TPSA) is 54.9 Å². The van der Waals surface area contributed by atoms with Gasteiger partial charge in [0.25, 0.3) is 5.91 Å². The quantitative estimate of drug-likeness (QED) is 0.729. The Morgan fingerprint density at radius 3 is 2.91 bits per heavy atom. The van der Waals surface area contributed by atoms with Crippen LogP contribution in [0.2, 0.25) is 5.15 Å². The molecule has 7 heteroatoms. The summed E-state index contributed by atoms with van der Waals surface area (Å²) in [5.74, 6) is -0.697. The predicted octanol–water partition coefficient (Wildman–Crippen LogP) is 3.76. The van der Waals surface area contributed by atoms with Crippen molar-refractivity contribution in [2.45, 2.75) is 13.3 Å². The van der Waals surface area contributed by atoms with E-state index in [-0.39, 0.29) is 16.6 Å². The molecule has 1 amide bonds. The predicted molar refractivity (Wildman–Crippen MR) is 89.6 cm³/mol. The summed E-state index contributed by atoms with van der Waals surface area (Å²) in [6.07, 6.45) is 0.653. The fourth-order valence-electron chi connectivity index (χ4n) is 2.20. The maximum atomic E-state index is 13.2. The van der Waals surface area contributed by atoms with Gasteiger partial charge in [-0.15, -0.1) is 11.3 Å². The number of halogens is 2. The molecule has 0 aliphatic rings. The Hall–Kier alpha value is -2.05. The molecule has 0 fully saturated rings. The van der Waals surface area contributed by atoms with Crippen molar-refractivity contribution >= 4 is 39.7 Å². The van der Waals surface area contributed by atoms with E-state index in [0.717, 1.165) is 10.7 Å². The summed E-state index contributed by atoms with van der Waals surface area (Å²) in [7, 11) is 0. The fourth-order valence-corrected chi connectivity index (χ4v) is 3.08. The fraction of sp³-hybridized carbons (Fsp3) is 0.188. The standard InChI is InChI=1S/C16H13ClFN3OS/c1-9-20-12(8-23-9)4-5-19-16(22)13-6-10-2-3-11(18)7-14(10)21-15(13)17/h2-3,6-8H,4-5H2,1H3,(H,19,22). The number of fused-ring (bicyclic) bond motifs is 1. The van der Waals surface area contributed by atoms with Crippen LogP contribution in [-0.4, -0.2) is 22.4 Å². The van der Waals surface area contributed by atoms with Crippen LogP contribution in [0.1, 0.15) is 21.1 Å². The second-order valence-corrected chi connectivity index (χ2v) is 6.45. The van der Waals surface area contributed by atoms with E-state index in [1.54, 1.807) is 23.5 Å². The first kappa shape index (κ1) is 15.8. The lowest BCUT2D eigenvalue weighted by Gasteiger charge is -2.07. The lowest BCUT2D eigenvalue weighted by molar-refractivity contribution is 0.0954. The molecule has 0 aliphatic heterocycles. The Labute approximate surface area is 141 Å². The highest BCUT2D eigenvalue weighted by Gasteiger charge is 2.13. The lowest BCUT2D eigenvalue weighted by atomic mass is 10.1. The molecule has 3 rings (SSSR count). The van der Waals surface area contributed by atoms with Gasteiger partial charge >= 0.3 is 0 Å². The number of aryl methyl sites for hydroxylation is 1. The molecule has 3 aromatic rings. The SMILES string of the molecule is Cc1nc(CCNC(=O)c2cc3ccc(F)cc3nc2Cl)cs1. The zero-order valence-corrected chi connectivity index (χ0v) is 13.8. The Balaban J connectivity index is 1.72. The molecule has 1 aromatic carbocycles. The van der Waals surface area contributed by atoms with Crippen molar-refractivity contribution in [3.63, 3.8) is 0 Å². The van der Waals surface area contributed by atoms with Crippen molar-refractivity contribution in [2.24, 2.45) is 0 Å². The van der Waals surface area contributed by atoms with Crippen molar-refractivity contribution in [3.8, 4) is 0 Å². The van der Waals surface area contributed by atoms with E-state index in [0.29, 0.717) is 23.9 Å². The maximum Gasteiger partial charge on any atom is 0.254 e. The molecule has 0 aliphatic carbocycles. The number of carbonyl (C=O) groups is 1. The number of rotatable bonds is 4. The van der Waals surface area contributed by atoms with Crippen molar-refractivity contribution in [1.29, 1.82) is 0 Å². The highest BCUT2D eigenvalue weighted by atomic mass is 35.5. The monoisotopic (exact) mass is 349 g/mol. The molecule has 1 N–H and O–H groups in total. The molecule has 0 saturated heterocycles. The summed E-state index contributed by atoms with van der Waals surface area (Å²) < 4.78 is 13.2. The number of benzene rings is 1. The number of nitrogens with zero attached hydrogens (tertiary/aromatic N) is 2. The van der Waals surface area contributed by atoms with E-state index < -0.39 is 5.82 Å². The number of carbonyl (C=O) groups excluding carboxylic acids is 1. The summed E-state index contributed by atoms with van der Waals surface area (Å²) in [4.78, 5) is 20.7. The van der Waals surface area contributed by atoms with Gasteiger partial charge in [-0.1, -0.05) is 11.6 Å². The van der Waals surface area contributed by atoms with Crippen LogP contribution < -0.4 is 5.32 Å². The van der Waals surface area contributed by atoms with E-state index in [1.807, 2.05) is 12.3 Å². The average molecular weight is 350 g/mol. The van der Waals surface area contributed by atoms with Crippen molar-refractivity contribution in [2.75, 3.05) is 6.54 Å². The second kappa shape index (κ2) is 6.60. The Kier molecular flexibility index (Phi) is 4.54. The van der Waals surface area contributed by atoms with Crippen LogP contribution in [0.3, 0.4) is 0 Å². The first-order chi connectivity index (χ1) is 11.0. The van der Waals surface area contributed by atoms with E-state index in [4.69, 9.17) is 11.6 Å². The third-order valence-corrected chi connectivity index (χ3v) is 4.42. The largest absolute Gasteiger partial charge is 0.352 e. The van der Waals surface area contributed by atoms with Gasteiger partial charge in [0.05, 0.1) is 21.8 Å². The number of thiazole rings is 1. The molecule has 0 saturated carbocycles. The van der Waals surface area contributed by atoms with E-state index >= 15 is 0 Å². The second-order valence-electron chi connectivity index (χ2n) is 5.03. The number of amides is 1. The molecule has 0 spiro atoms. The summed E-state index contributed by atoms with van der Waals surface area (Å²) in [5.41, 5.74) is 1.65. The minimum atomic E-state index is -0.392. The molecule has 118 valence electrons. The molecule has 2 aromatic heterocycles. The zero-order chi connectivity index (χ0) is 16.4. The Morgan fingerprint density at radius 2 is 2.17 bits per heavy atom. The minimum absolute atomic E-state index is 0.0603. The molecule has 2 heterocycles. The van der Waals surface area contributed by atoms with Gasteiger partial charge in [0.2, 0.25) is 0 Å². The van der Waals surface area contributed by atoms with Crippen LogP contribution in [0.25, 0.3) is 10.9 Å². The summed E-state index contributed by atoms with van der Waals surface area (Å²) in [5, 5.41) is 6.50. The first-order valence-corrected chi connectivity index (χ1v) is 8.24. The number of pyridine rings is 1. The third-order valence-electron chi connectivity index (χ3n) is 3.31. The number of nitrogens with one attached hydrogen (secondary N) is 1. The molecule has 23 heavy (non-hydrogen) atoms. The molecule has 0 unspecified atom stereocenters. The zero-order valence-electron chi connectivity index (χ0n) is 12.3. The van der Waals surface area contributed by atoms with Gasteiger partial charge in [-0.2, -0.15) is 0 Å². The van der Waals surface area contributed by atoms with Gasteiger partial charge in [-0.25, -0.2) is 14.4 Å². The van der Waals surface area contributed by atoms with Gasteiger partial charge in [-0.3, -0.25) is 4.79 Å². The first-order valence-electron chi connectivity index (χ1n) is 6.98. The molecular formula is C16H13ClFN3OS. The van der Waals surface area contributed by atoms with Gasteiger partial charge in [0, 0.05) is 29.8 Å². The van der Waals surface area contributed by atoms with Gasteiger partial charge in [0.15, 0.2) is 0 Å². The molecule has 4 nitrogen and oxygen atoms in total. The van der Waals surface area contributed by atoms with Crippen molar-refractivity contribution < 1.29 is 9.18 Å². The smallest absolute Gasteiger partial charge is 0.254 e.